The summed E-state index contributed by atoms with van der Waals surface area (Å²) in [6, 6.07) is 3.59. The molecule has 226 valence electrons. The van der Waals surface area contributed by atoms with Gasteiger partial charge in [0.15, 0.2) is 11.5 Å². The first-order chi connectivity index (χ1) is 18.5. The normalized spacial score (nSPS) is 13.3. The fourth-order valence-corrected chi connectivity index (χ4v) is 3.02. The molecular formula is C30H47NO9. The van der Waals surface area contributed by atoms with Gasteiger partial charge in [0, 0.05) is 6.54 Å². The van der Waals surface area contributed by atoms with Gasteiger partial charge in [-0.05, 0) is 83.9 Å². The molecule has 0 aliphatic carbocycles. The molecule has 0 aromatic heterocycles. The Morgan fingerprint density at radius 2 is 1.45 bits per heavy atom. The Balaban J connectivity index is 3.04. The van der Waals surface area contributed by atoms with Crippen LogP contribution in [0.4, 0.5) is 4.79 Å². The van der Waals surface area contributed by atoms with Gasteiger partial charge in [-0.25, -0.2) is 4.79 Å². The molecule has 10 heteroatoms. The molecule has 0 heterocycles. The zero-order valence-electron chi connectivity index (χ0n) is 25.4. The van der Waals surface area contributed by atoms with Crippen molar-refractivity contribution in [1.29, 1.82) is 0 Å². The van der Waals surface area contributed by atoms with Gasteiger partial charge in [-0.1, -0.05) is 33.8 Å². The summed E-state index contributed by atoms with van der Waals surface area (Å²) in [6.07, 6.45) is 0.373. The lowest BCUT2D eigenvalue weighted by molar-refractivity contribution is -0.147. The lowest BCUT2D eigenvalue weighted by Crippen LogP contribution is -2.42. The standard InChI is InChI=1S/C30H47NO9/c1-10-29(6,7)26(34)39-23-13-12-21(17-24(23)40-27(35)30(8,9)11-2)16-22(25(32)33)31-18-20(5)38-28(36)37-15-14-19(3)4/h12-13,17,19-20,22,31H,10-11,14-16,18H2,1-9H3,(H,32,33)/t20?,22-/m0/s1. The van der Waals surface area contributed by atoms with Crippen LogP contribution < -0.4 is 14.8 Å². The van der Waals surface area contributed by atoms with Gasteiger partial charge in [-0.3, -0.25) is 14.4 Å². The average Bonchev–Trinajstić information content (AvgIpc) is 2.87. The summed E-state index contributed by atoms with van der Waals surface area (Å²) in [7, 11) is 0. The molecule has 0 spiro atoms. The first-order valence-electron chi connectivity index (χ1n) is 13.9. The third kappa shape index (κ3) is 11.5. The Bertz CT molecular complexity index is 1020. The van der Waals surface area contributed by atoms with E-state index >= 15 is 0 Å². The number of aliphatic carboxylic acids is 1. The minimum atomic E-state index is -1.11. The molecule has 0 saturated heterocycles. The Kier molecular flexibility index (Phi) is 13.6. The second-order valence-corrected chi connectivity index (χ2v) is 11.7. The van der Waals surface area contributed by atoms with Crippen LogP contribution in [0.3, 0.4) is 0 Å². The Morgan fingerprint density at radius 3 is 1.95 bits per heavy atom. The van der Waals surface area contributed by atoms with Gasteiger partial charge < -0.3 is 29.4 Å². The lowest BCUT2D eigenvalue weighted by Gasteiger charge is -2.24. The van der Waals surface area contributed by atoms with Gasteiger partial charge in [-0.15, -0.1) is 0 Å². The molecule has 1 aromatic carbocycles. The zero-order chi connectivity index (χ0) is 30.7. The van der Waals surface area contributed by atoms with Crippen molar-refractivity contribution in [2.45, 2.75) is 100 Å². The van der Waals surface area contributed by atoms with Crippen molar-refractivity contribution in [3.05, 3.63) is 23.8 Å². The van der Waals surface area contributed by atoms with Gasteiger partial charge in [0.2, 0.25) is 0 Å². The van der Waals surface area contributed by atoms with Crippen LogP contribution in [0.15, 0.2) is 18.2 Å². The van der Waals surface area contributed by atoms with E-state index in [4.69, 9.17) is 18.9 Å². The molecule has 1 aromatic rings. The monoisotopic (exact) mass is 565 g/mol. The van der Waals surface area contributed by atoms with E-state index in [1.165, 1.54) is 12.1 Å². The molecule has 2 atom stereocenters. The molecule has 0 aliphatic heterocycles. The van der Waals surface area contributed by atoms with Crippen LogP contribution in [0.2, 0.25) is 0 Å². The van der Waals surface area contributed by atoms with Crippen LogP contribution in [0.1, 0.15) is 87.1 Å². The van der Waals surface area contributed by atoms with Crippen LogP contribution in [-0.2, 0) is 30.3 Å². The number of rotatable bonds is 16. The predicted octanol–water partition coefficient (Wildman–Crippen LogP) is 5.54. The summed E-state index contributed by atoms with van der Waals surface area (Å²) in [4.78, 5) is 49.4. The maximum atomic E-state index is 12.8. The number of ether oxygens (including phenoxy) is 4. The highest BCUT2D eigenvalue weighted by atomic mass is 16.7. The van der Waals surface area contributed by atoms with Crippen molar-refractivity contribution in [2.75, 3.05) is 13.2 Å². The van der Waals surface area contributed by atoms with E-state index in [-0.39, 0.29) is 31.1 Å². The summed E-state index contributed by atoms with van der Waals surface area (Å²) in [6.45, 7) is 16.7. The van der Waals surface area contributed by atoms with Crippen LogP contribution in [0, 0.1) is 16.7 Å². The van der Waals surface area contributed by atoms with Gasteiger partial charge in [0.25, 0.3) is 0 Å². The Morgan fingerprint density at radius 1 is 0.900 bits per heavy atom. The largest absolute Gasteiger partial charge is 0.508 e. The summed E-state index contributed by atoms with van der Waals surface area (Å²) in [5, 5.41) is 12.7. The maximum absolute atomic E-state index is 12.8. The highest BCUT2D eigenvalue weighted by Crippen LogP contribution is 2.34. The molecule has 0 amide bonds. The van der Waals surface area contributed by atoms with Gasteiger partial charge in [0.05, 0.1) is 17.4 Å². The molecule has 0 fully saturated rings. The smallest absolute Gasteiger partial charge is 0.480 e. The summed E-state index contributed by atoms with van der Waals surface area (Å²) in [5.74, 6) is -1.59. The Labute approximate surface area is 238 Å². The van der Waals surface area contributed by atoms with Crippen LogP contribution in [0.5, 0.6) is 11.5 Å². The number of benzene rings is 1. The topological polar surface area (TPSA) is 137 Å². The molecular weight excluding hydrogens is 518 g/mol. The van der Waals surface area contributed by atoms with E-state index in [1.807, 2.05) is 27.7 Å². The first-order valence-corrected chi connectivity index (χ1v) is 13.9. The van der Waals surface area contributed by atoms with Crippen molar-refractivity contribution in [3.63, 3.8) is 0 Å². The number of esters is 2. The summed E-state index contributed by atoms with van der Waals surface area (Å²) in [5.41, 5.74) is -0.995. The molecule has 0 saturated carbocycles. The lowest BCUT2D eigenvalue weighted by atomic mass is 9.90. The van der Waals surface area contributed by atoms with E-state index in [9.17, 15) is 24.3 Å². The van der Waals surface area contributed by atoms with Crippen LogP contribution in [-0.4, -0.2) is 54.5 Å². The van der Waals surface area contributed by atoms with Crippen molar-refractivity contribution >= 4 is 24.1 Å². The number of hydrogen-bond acceptors (Lipinski definition) is 9. The molecule has 0 aliphatic rings. The highest BCUT2D eigenvalue weighted by Gasteiger charge is 2.32. The van der Waals surface area contributed by atoms with Crippen LogP contribution in [0.25, 0.3) is 0 Å². The number of hydrogen-bond donors (Lipinski definition) is 2. The summed E-state index contributed by atoms with van der Waals surface area (Å²) >= 11 is 0. The zero-order valence-corrected chi connectivity index (χ0v) is 25.4. The van der Waals surface area contributed by atoms with Crippen molar-refractivity contribution in [3.8, 4) is 11.5 Å². The SMILES string of the molecule is CCC(C)(C)C(=O)Oc1ccc(C[C@H](NCC(C)OC(=O)OCCC(C)C)C(=O)O)cc1OC(=O)C(C)(C)CC. The van der Waals surface area contributed by atoms with Gasteiger partial charge in [-0.2, -0.15) is 0 Å². The van der Waals surface area contributed by atoms with Gasteiger partial charge in [0.1, 0.15) is 12.1 Å². The number of nitrogens with one attached hydrogen (secondary N) is 1. The van der Waals surface area contributed by atoms with Crippen molar-refractivity contribution < 1.29 is 43.2 Å². The van der Waals surface area contributed by atoms with E-state index in [1.54, 1.807) is 40.7 Å². The predicted molar refractivity (Wildman–Crippen MR) is 150 cm³/mol. The quantitative estimate of drug-likeness (QED) is 0.194. The minimum absolute atomic E-state index is 0.0251. The maximum Gasteiger partial charge on any atom is 0.508 e. The third-order valence-electron chi connectivity index (χ3n) is 6.89. The van der Waals surface area contributed by atoms with Crippen LogP contribution >= 0.6 is 0 Å². The number of carboxylic acids is 1. The van der Waals surface area contributed by atoms with Crippen molar-refractivity contribution in [1.82, 2.24) is 5.32 Å². The molecule has 40 heavy (non-hydrogen) atoms. The molecule has 2 N–H and O–H groups in total. The fraction of sp³-hybridized carbons (Fsp3) is 0.667. The molecule has 1 unspecified atom stereocenters. The van der Waals surface area contributed by atoms with Crippen molar-refractivity contribution in [2.24, 2.45) is 16.7 Å². The number of carbonyl (C=O) groups excluding carboxylic acids is 3. The molecule has 10 nitrogen and oxygen atoms in total. The summed E-state index contributed by atoms with van der Waals surface area (Å²) < 4.78 is 21.5. The fourth-order valence-electron chi connectivity index (χ4n) is 3.02. The van der Waals surface area contributed by atoms with E-state index in [0.717, 1.165) is 0 Å². The average molecular weight is 566 g/mol. The molecule has 0 bridgehead atoms. The molecule has 0 radical (unpaired) electrons. The second kappa shape index (κ2) is 15.6. The third-order valence-corrected chi connectivity index (χ3v) is 6.89. The highest BCUT2D eigenvalue weighted by molar-refractivity contribution is 5.81. The number of carboxylic acid groups (broad SMARTS) is 1. The first kappa shape index (κ1) is 34.9. The Hall–Kier alpha value is -3.14. The van der Waals surface area contributed by atoms with E-state index < -0.39 is 47.0 Å². The van der Waals surface area contributed by atoms with Gasteiger partial charge >= 0.3 is 24.1 Å². The number of carbonyl (C=O) groups is 4. The van der Waals surface area contributed by atoms with E-state index in [0.29, 0.717) is 30.7 Å². The second-order valence-electron chi connectivity index (χ2n) is 11.7. The van der Waals surface area contributed by atoms with E-state index in [2.05, 4.69) is 5.32 Å². The molecule has 1 rings (SSSR count). The minimum Gasteiger partial charge on any atom is -0.480 e.